The molecule has 5 nitrogen and oxygen atoms in total. The average Bonchev–Trinajstić information content (AvgIpc) is 2.72. The van der Waals surface area contributed by atoms with Gasteiger partial charge in [0.25, 0.3) is 0 Å². The maximum atomic E-state index is 11.5. The number of ether oxygens (including phenoxy) is 1. The van der Waals surface area contributed by atoms with E-state index in [1.807, 2.05) is 30.3 Å². The molecule has 17 heavy (non-hydrogen) atoms. The van der Waals surface area contributed by atoms with Gasteiger partial charge in [0.05, 0.1) is 12.8 Å². The number of nitrogens with zero attached hydrogens (tertiary/aromatic N) is 3. The summed E-state index contributed by atoms with van der Waals surface area (Å²) in [7, 11) is 3.10. The Hall–Kier alpha value is -2.17. The summed E-state index contributed by atoms with van der Waals surface area (Å²) in [6, 6.07) is 9.85. The molecule has 0 bridgehead atoms. The van der Waals surface area contributed by atoms with Gasteiger partial charge in [-0.05, 0) is 5.56 Å². The van der Waals surface area contributed by atoms with E-state index in [1.165, 1.54) is 7.11 Å². The van der Waals surface area contributed by atoms with E-state index in [0.717, 1.165) is 11.3 Å². The number of hydrogen-bond donors (Lipinski definition) is 0. The number of carbonyl (C=O) groups is 1. The highest BCUT2D eigenvalue weighted by atomic mass is 16.5. The van der Waals surface area contributed by atoms with Crippen molar-refractivity contribution in [3.05, 3.63) is 47.3 Å². The van der Waals surface area contributed by atoms with Gasteiger partial charge in [-0.25, -0.2) is 4.79 Å². The van der Waals surface area contributed by atoms with Crippen molar-refractivity contribution in [3.63, 3.8) is 0 Å². The Morgan fingerprint density at radius 2 is 2.06 bits per heavy atom. The lowest BCUT2D eigenvalue weighted by Gasteiger charge is -2.03. The number of benzene rings is 1. The van der Waals surface area contributed by atoms with Gasteiger partial charge in [0.1, 0.15) is 0 Å². The maximum absolute atomic E-state index is 11.5. The second-order valence-corrected chi connectivity index (χ2v) is 3.66. The number of aromatic nitrogens is 3. The molecule has 0 fully saturated rings. The number of carbonyl (C=O) groups excluding carboxylic acids is 1. The van der Waals surface area contributed by atoms with Crippen LogP contribution >= 0.6 is 0 Å². The molecule has 0 atom stereocenters. The zero-order chi connectivity index (χ0) is 12.3. The number of hydrogen-bond acceptors (Lipinski definition) is 4. The molecule has 0 aliphatic rings. The Bertz CT molecular complexity index is 520. The average molecular weight is 231 g/mol. The zero-order valence-electron chi connectivity index (χ0n) is 9.75. The normalized spacial score (nSPS) is 10.2. The number of rotatable bonds is 3. The van der Waals surface area contributed by atoms with Crippen LogP contribution in [0.25, 0.3) is 0 Å². The Morgan fingerprint density at radius 1 is 1.35 bits per heavy atom. The van der Waals surface area contributed by atoms with Crippen molar-refractivity contribution < 1.29 is 9.53 Å². The molecule has 0 saturated carbocycles. The molecule has 1 aromatic heterocycles. The van der Waals surface area contributed by atoms with Gasteiger partial charge in [-0.2, -0.15) is 0 Å². The molecule has 0 aliphatic heterocycles. The lowest BCUT2D eigenvalue weighted by atomic mass is 10.1. The van der Waals surface area contributed by atoms with Gasteiger partial charge in [-0.15, -0.1) is 5.10 Å². The quantitative estimate of drug-likeness (QED) is 0.744. The molecule has 0 amide bonds. The Balaban J connectivity index is 2.32. The Morgan fingerprint density at radius 3 is 2.71 bits per heavy atom. The fourth-order valence-electron chi connectivity index (χ4n) is 1.62. The molecule has 1 heterocycles. The first kappa shape index (κ1) is 11.3. The van der Waals surface area contributed by atoms with Gasteiger partial charge < -0.3 is 4.74 Å². The third kappa shape index (κ3) is 2.33. The standard InChI is InChI=1S/C12H13N3O2/c1-15-10(8-9-6-4-3-5-7-9)11(13-14-15)12(16)17-2/h3-7H,8H2,1-2H3. The summed E-state index contributed by atoms with van der Waals surface area (Å²) in [5.41, 5.74) is 2.13. The molecular formula is C12H13N3O2. The Kier molecular flexibility index (Phi) is 3.18. The second-order valence-electron chi connectivity index (χ2n) is 3.66. The highest BCUT2D eigenvalue weighted by Gasteiger charge is 2.18. The maximum Gasteiger partial charge on any atom is 0.360 e. The number of aryl methyl sites for hydroxylation is 1. The molecule has 0 spiro atoms. The minimum Gasteiger partial charge on any atom is -0.464 e. The minimum absolute atomic E-state index is 0.277. The highest BCUT2D eigenvalue weighted by molar-refractivity contribution is 5.88. The molecule has 0 aliphatic carbocycles. The SMILES string of the molecule is COC(=O)c1nnn(C)c1Cc1ccccc1. The highest BCUT2D eigenvalue weighted by Crippen LogP contribution is 2.12. The van der Waals surface area contributed by atoms with E-state index in [-0.39, 0.29) is 5.69 Å². The van der Waals surface area contributed by atoms with E-state index in [9.17, 15) is 4.79 Å². The van der Waals surface area contributed by atoms with Crippen LogP contribution in [0.2, 0.25) is 0 Å². The summed E-state index contributed by atoms with van der Waals surface area (Å²) in [5, 5.41) is 7.67. The first-order valence-electron chi connectivity index (χ1n) is 5.23. The van der Waals surface area contributed by atoms with Gasteiger partial charge in [-0.3, -0.25) is 4.68 Å². The fraction of sp³-hybridized carbons (Fsp3) is 0.250. The molecule has 0 saturated heterocycles. The second kappa shape index (κ2) is 4.78. The molecule has 5 heteroatoms. The van der Waals surface area contributed by atoms with Crippen LogP contribution in [0.1, 0.15) is 21.7 Å². The van der Waals surface area contributed by atoms with E-state index in [0.29, 0.717) is 6.42 Å². The van der Waals surface area contributed by atoms with Crippen LogP contribution in [0.5, 0.6) is 0 Å². The molecule has 0 unspecified atom stereocenters. The van der Waals surface area contributed by atoms with Crippen LogP contribution in [-0.2, 0) is 18.2 Å². The predicted molar refractivity (Wildman–Crippen MR) is 61.6 cm³/mol. The molecule has 2 aromatic rings. The molecule has 1 aromatic carbocycles. The van der Waals surface area contributed by atoms with Crippen LogP contribution < -0.4 is 0 Å². The molecule has 88 valence electrons. The van der Waals surface area contributed by atoms with Crippen molar-refractivity contribution >= 4 is 5.97 Å². The first-order chi connectivity index (χ1) is 8.22. The summed E-state index contributed by atoms with van der Waals surface area (Å²) in [5.74, 6) is -0.455. The van der Waals surface area contributed by atoms with E-state index in [2.05, 4.69) is 15.0 Å². The van der Waals surface area contributed by atoms with E-state index in [4.69, 9.17) is 0 Å². The lowest BCUT2D eigenvalue weighted by Crippen LogP contribution is -2.08. The smallest absolute Gasteiger partial charge is 0.360 e. The van der Waals surface area contributed by atoms with Gasteiger partial charge in [-0.1, -0.05) is 35.5 Å². The van der Waals surface area contributed by atoms with Crippen molar-refractivity contribution in [3.8, 4) is 0 Å². The topological polar surface area (TPSA) is 57.0 Å². The van der Waals surface area contributed by atoms with Gasteiger partial charge in [0.2, 0.25) is 0 Å². The Labute approximate surface area is 99.0 Å². The third-order valence-electron chi connectivity index (χ3n) is 2.54. The van der Waals surface area contributed by atoms with E-state index < -0.39 is 5.97 Å². The van der Waals surface area contributed by atoms with Gasteiger partial charge in [0.15, 0.2) is 5.69 Å². The lowest BCUT2D eigenvalue weighted by molar-refractivity contribution is 0.0592. The zero-order valence-corrected chi connectivity index (χ0v) is 9.75. The molecule has 2 rings (SSSR count). The molecule has 0 N–H and O–H groups in total. The molecular weight excluding hydrogens is 218 g/mol. The van der Waals surface area contributed by atoms with E-state index in [1.54, 1.807) is 11.7 Å². The third-order valence-corrected chi connectivity index (χ3v) is 2.54. The van der Waals surface area contributed by atoms with Crippen molar-refractivity contribution in [2.45, 2.75) is 6.42 Å². The van der Waals surface area contributed by atoms with Crippen LogP contribution in [0.3, 0.4) is 0 Å². The van der Waals surface area contributed by atoms with E-state index >= 15 is 0 Å². The summed E-state index contributed by atoms with van der Waals surface area (Å²) in [6.07, 6.45) is 0.606. The van der Waals surface area contributed by atoms with Crippen molar-refractivity contribution in [1.29, 1.82) is 0 Å². The van der Waals surface area contributed by atoms with Crippen molar-refractivity contribution in [2.24, 2.45) is 7.05 Å². The van der Waals surface area contributed by atoms with Gasteiger partial charge in [0, 0.05) is 13.5 Å². The molecule has 0 radical (unpaired) electrons. The van der Waals surface area contributed by atoms with Crippen LogP contribution in [0, 0.1) is 0 Å². The summed E-state index contributed by atoms with van der Waals surface area (Å²) >= 11 is 0. The summed E-state index contributed by atoms with van der Waals surface area (Å²) in [4.78, 5) is 11.5. The summed E-state index contributed by atoms with van der Waals surface area (Å²) < 4.78 is 6.27. The first-order valence-corrected chi connectivity index (χ1v) is 5.23. The van der Waals surface area contributed by atoms with Crippen LogP contribution in [-0.4, -0.2) is 28.1 Å². The summed E-state index contributed by atoms with van der Waals surface area (Å²) in [6.45, 7) is 0. The number of methoxy groups -OCH3 is 1. The van der Waals surface area contributed by atoms with Crippen LogP contribution in [0.4, 0.5) is 0 Å². The fourth-order valence-corrected chi connectivity index (χ4v) is 1.62. The number of esters is 1. The predicted octanol–water partition coefficient (Wildman–Crippen LogP) is 1.19. The van der Waals surface area contributed by atoms with Crippen LogP contribution in [0.15, 0.2) is 30.3 Å². The van der Waals surface area contributed by atoms with Gasteiger partial charge >= 0.3 is 5.97 Å². The van der Waals surface area contributed by atoms with Crippen molar-refractivity contribution in [2.75, 3.05) is 7.11 Å². The monoisotopic (exact) mass is 231 g/mol. The minimum atomic E-state index is -0.455. The van der Waals surface area contributed by atoms with Crippen molar-refractivity contribution in [1.82, 2.24) is 15.0 Å². The largest absolute Gasteiger partial charge is 0.464 e.